The number of aryl methyl sites for hydroxylation is 1. The highest BCUT2D eigenvalue weighted by Crippen LogP contribution is 2.27. The zero-order chi connectivity index (χ0) is 21.3. The fourth-order valence-corrected chi connectivity index (χ4v) is 5.08. The SMILES string of the molecule is c1cc2nonc2cc1CCN1CCN(C2CCc3cc(-n4cnnn4)ccc3C2)CC1. The summed E-state index contributed by atoms with van der Waals surface area (Å²) in [7, 11) is 0. The maximum Gasteiger partial charge on any atom is 0.143 e. The fourth-order valence-electron chi connectivity index (χ4n) is 5.08. The van der Waals surface area contributed by atoms with Crippen LogP contribution in [-0.2, 0) is 19.3 Å². The number of rotatable bonds is 5. The molecule has 164 valence electrons. The first-order chi connectivity index (χ1) is 15.8. The van der Waals surface area contributed by atoms with Gasteiger partial charge in [0, 0.05) is 38.8 Å². The minimum Gasteiger partial charge on any atom is -0.300 e. The molecule has 4 aromatic rings. The van der Waals surface area contributed by atoms with Crippen LogP contribution in [-0.4, -0.2) is 79.1 Å². The van der Waals surface area contributed by atoms with Crippen molar-refractivity contribution in [3.05, 3.63) is 59.4 Å². The van der Waals surface area contributed by atoms with E-state index in [0.717, 1.165) is 68.7 Å². The third kappa shape index (κ3) is 3.89. The normalized spacial score (nSPS) is 19.9. The average molecular weight is 431 g/mol. The smallest absolute Gasteiger partial charge is 0.143 e. The standard InChI is InChI=1S/C23H26N8O/c1-6-22-23(26-32-25-22)13-17(1)7-8-29-9-11-30(12-10-29)20-4-2-19-15-21(5-3-18(19)14-20)31-16-24-27-28-31/h1,3,5-6,13,15-16,20H,2,4,7-12,14H2. The minimum absolute atomic E-state index is 0.644. The molecule has 0 amide bonds. The van der Waals surface area contributed by atoms with Crippen LogP contribution in [0.15, 0.2) is 47.4 Å². The first-order valence-corrected chi connectivity index (χ1v) is 11.3. The van der Waals surface area contributed by atoms with Crippen LogP contribution in [0.2, 0.25) is 0 Å². The van der Waals surface area contributed by atoms with Gasteiger partial charge in [-0.25, -0.2) is 9.31 Å². The first kappa shape index (κ1) is 19.5. The first-order valence-electron chi connectivity index (χ1n) is 11.3. The maximum absolute atomic E-state index is 4.80. The zero-order valence-corrected chi connectivity index (χ0v) is 18.0. The second kappa shape index (κ2) is 8.40. The van der Waals surface area contributed by atoms with Crippen LogP contribution in [0.25, 0.3) is 16.7 Å². The highest BCUT2D eigenvalue weighted by atomic mass is 16.6. The molecule has 1 aliphatic heterocycles. The summed E-state index contributed by atoms with van der Waals surface area (Å²) < 4.78 is 6.53. The van der Waals surface area contributed by atoms with Gasteiger partial charge in [-0.15, -0.1) is 5.10 Å². The summed E-state index contributed by atoms with van der Waals surface area (Å²) in [5.41, 5.74) is 6.91. The van der Waals surface area contributed by atoms with E-state index in [1.54, 1.807) is 11.0 Å². The molecule has 0 spiro atoms. The fraction of sp³-hybridized carbons (Fsp3) is 0.435. The molecule has 0 saturated carbocycles. The van der Waals surface area contributed by atoms with Crippen molar-refractivity contribution in [2.75, 3.05) is 32.7 Å². The van der Waals surface area contributed by atoms with Crippen molar-refractivity contribution in [1.82, 2.24) is 40.3 Å². The van der Waals surface area contributed by atoms with Gasteiger partial charge < -0.3 is 4.90 Å². The summed E-state index contributed by atoms with van der Waals surface area (Å²) in [5.74, 6) is 0. The molecule has 1 saturated heterocycles. The van der Waals surface area contributed by atoms with E-state index in [1.165, 1.54) is 23.1 Å². The Balaban J connectivity index is 1.02. The van der Waals surface area contributed by atoms with Gasteiger partial charge in [-0.05, 0) is 87.4 Å². The highest BCUT2D eigenvalue weighted by Gasteiger charge is 2.27. The molecule has 9 heteroatoms. The number of fused-ring (bicyclic) bond motifs is 2. The second-order valence-corrected chi connectivity index (χ2v) is 8.82. The third-order valence-corrected chi connectivity index (χ3v) is 6.96. The van der Waals surface area contributed by atoms with Gasteiger partial charge in [-0.3, -0.25) is 4.90 Å². The molecule has 1 atom stereocenters. The van der Waals surface area contributed by atoms with E-state index in [0.29, 0.717) is 6.04 Å². The van der Waals surface area contributed by atoms with Crippen molar-refractivity contribution in [2.45, 2.75) is 31.7 Å². The van der Waals surface area contributed by atoms with Gasteiger partial charge in [0.25, 0.3) is 0 Å². The molecular formula is C23H26N8O. The lowest BCUT2D eigenvalue weighted by molar-refractivity contribution is 0.0902. The van der Waals surface area contributed by atoms with Crippen LogP contribution in [0, 0.1) is 0 Å². The number of tetrazole rings is 1. The Hall–Kier alpha value is -3.17. The highest BCUT2D eigenvalue weighted by molar-refractivity contribution is 5.73. The molecule has 6 rings (SSSR count). The number of benzene rings is 2. The Morgan fingerprint density at radius 1 is 0.938 bits per heavy atom. The molecule has 3 heterocycles. The molecule has 32 heavy (non-hydrogen) atoms. The van der Waals surface area contributed by atoms with Crippen molar-refractivity contribution in [3.8, 4) is 5.69 Å². The van der Waals surface area contributed by atoms with E-state index in [-0.39, 0.29) is 0 Å². The lowest BCUT2D eigenvalue weighted by atomic mass is 9.87. The molecule has 0 radical (unpaired) electrons. The van der Waals surface area contributed by atoms with Crippen LogP contribution in [0.3, 0.4) is 0 Å². The van der Waals surface area contributed by atoms with Crippen molar-refractivity contribution >= 4 is 11.0 Å². The zero-order valence-electron chi connectivity index (χ0n) is 18.0. The van der Waals surface area contributed by atoms with Crippen molar-refractivity contribution < 1.29 is 4.63 Å². The van der Waals surface area contributed by atoms with Gasteiger partial charge in [0.15, 0.2) is 0 Å². The summed E-state index contributed by atoms with van der Waals surface area (Å²) >= 11 is 0. The average Bonchev–Trinajstić information content (AvgIpc) is 3.54. The molecular weight excluding hydrogens is 404 g/mol. The van der Waals surface area contributed by atoms with Gasteiger partial charge in [0.2, 0.25) is 0 Å². The van der Waals surface area contributed by atoms with Gasteiger partial charge in [-0.2, -0.15) is 0 Å². The lowest BCUT2D eigenvalue weighted by Gasteiger charge is -2.41. The van der Waals surface area contributed by atoms with E-state index in [4.69, 9.17) is 4.63 Å². The lowest BCUT2D eigenvalue weighted by Crippen LogP contribution is -2.52. The Morgan fingerprint density at radius 3 is 2.72 bits per heavy atom. The van der Waals surface area contributed by atoms with E-state index in [2.05, 4.69) is 66.0 Å². The topological polar surface area (TPSA) is 89.0 Å². The summed E-state index contributed by atoms with van der Waals surface area (Å²) in [6.45, 7) is 5.65. The largest absolute Gasteiger partial charge is 0.300 e. The van der Waals surface area contributed by atoms with Crippen LogP contribution in [0.4, 0.5) is 0 Å². The summed E-state index contributed by atoms with van der Waals surface area (Å²) in [6.07, 6.45) is 6.16. The molecule has 2 aromatic carbocycles. The number of aromatic nitrogens is 6. The predicted molar refractivity (Wildman–Crippen MR) is 118 cm³/mol. The Labute approximate surface area is 186 Å². The van der Waals surface area contributed by atoms with E-state index in [9.17, 15) is 0 Å². The van der Waals surface area contributed by atoms with Gasteiger partial charge in [0.1, 0.15) is 17.4 Å². The maximum atomic E-state index is 4.80. The molecule has 2 aromatic heterocycles. The number of nitrogens with zero attached hydrogens (tertiary/aromatic N) is 8. The number of hydrogen-bond donors (Lipinski definition) is 0. The van der Waals surface area contributed by atoms with E-state index < -0.39 is 0 Å². The molecule has 9 nitrogen and oxygen atoms in total. The van der Waals surface area contributed by atoms with Crippen LogP contribution < -0.4 is 0 Å². The summed E-state index contributed by atoms with van der Waals surface area (Å²) in [4.78, 5) is 5.28. The molecule has 0 bridgehead atoms. The molecule has 1 unspecified atom stereocenters. The van der Waals surface area contributed by atoms with Crippen LogP contribution in [0.1, 0.15) is 23.1 Å². The van der Waals surface area contributed by atoms with Crippen molar-refractivity contribution in [2.24, 2.45) is 0 Å². The van der Waals surface area contributed by atoms with E-state index in [1.807, 2.05) is 6.07 Å². The monoisotopic (exact) mass is 430 g/mol. The molecule has 1 aliphatic carbocycles. The third-order valence-electron chi connectivity index (χ3n) is 6.96. The van der Waals surface area contributed by atoms with Crippen LogP contribution >= 0.6 is 0 Å². The van der Waals surface area contributed by atoms with Gasteiger partial charge in [0.05, 0.1) is 5.69 Å². The predicted octanol–water partition coefficient (Wildman–Crippen LogP) is 1.92. The minimum atomic E-state index is 0.644. The van der Waals surface area contributed by atoms with Gasteiger partial charge >= 0.3 is 0 Å². The summed E-state index contributed by atoms with van der Waals surface area (Å²) in [6, 6.07) is 13.5. The quantitative estimate of drug-likeness (QED) is 0.474. The van der Waals surface area contributed by atoms with Crippen LogP contribution in [0.5, 0.6) is 0 Å². The Bertz CT molecular complexity index is 1200. The number of piperazine rings is 1. The molecule has 1 fully saturated rings. The van der Waals surface area contributed by atoms with Crippen molar-refractivity contribution in [3.63, 3.8) is 0 Å². The number of hydrogen-bond acceptors (Lipinski definition) is 8. The molecule has 2 aliphatic rings. The second-order valence-electron chi connectivity index (χ2n) is 8.82. The molecule has 0 N–H and O–H groups in total. The summed E-state index contributed by atoms with van der Waals surface area (Å²) in [5, 5.41) is 19.3. The van der Waals surface area contributed by atoms with E-state index >= 15 is 0 Å². The van der Waals surface area contributed by atoms with Gasteiger partial charge in [-0.1, -0.05) is 12.1 Å². The Morgan fingerprint density at radius 2 is 1.84 bits per heavy atom. The Kier molecular flexibility index (Phi) is 5.12. The van der Waals surface area contributed by atoms with Crippen molar-refractivity contribution in [1.29, 1.82) is 0 Å².